The Balaban J connectivity index is 0.000000332. The van der Waals surface area contributed by atoms with Crippen molar-refractivity contribution in [3.63, 3.8) is 0 Å². The van der Waals surface area contributed by atoms with Gasteiger partial charge in [0.15, 0.2) is 0 Å². The molecule has 2 rings (SSSR count). The van der Waals surface area contributed by atoms with Gasteiger partial charge in [-0.05, 0) is 24.3 Å². The van der Waals surface area contributed by atoms with E-state index in [1.807, 2.05) is 0 Å². The molecule has 23 heavy (non-hydrogen) atoms. The van der Waals surface area contributed by atoms with Crippen molar-refractivity contribution in [2.75, 3.05) is 13.2 Å². The fourth-order valence-electron chi connectivity index (χ4n) is 1.20. The first-order chi connectivity index (χ1) is 11.0. The molecule has 0 saturated carbocycles. The Morgan fingerprint density at radius 3 is 1.26 bits per heavy atom. The molecule has 7 nitrogen and oxygen atoms in total. The minimum atomic E-state index is -0.879. The van der Waals surface area contributed by atoms with E-state index in [2.05, 4.69) is 4.89 Å². The van der Waals surface area contributed by atoms with Crippen molar-refractivity contribution in [2.45, 2.75) is 0 Å². The highest BCUT2D eigenvalue weighted by Crippen LogP contribution is 1.96. The largest absolute Gasteiger partial charge is 0.478 e. The van der Waals surface area contributed by atoms with Gasteiger partial charge in [0.05, 0.1) is 17.7 Å². The normalized spacial score (nSPS) is 8.78. The van der Waals surface area contributed by atoms with Crippen molar-refractivity contribution < 1.29 is 35.1 Å². The summed E-state index contributed by atoms with van der Waals surface area (Å²) in [6.45, 7) is -0.128. The molecular weight excluding hydrogens is 304 g/mol. The van der Waals surface area contributed by atoms with Crippen LogP contribution in [0.1, 0.15) is 20.7 Å². The van der Waals surface area contributed by atoms with Gasteiger partial charge in [-0.1, -0.05) is 36.4 Å². The van der Waals surface area contributed by atoms with Crippen LogP contribution < -0.4 is 0 Å². The second kappa shape index (κ2) is 13.0. The van der Waals surface area contributed by atoms with Gasteiger partial charge in [0.25, 0.3) is 0 Å². The first-order valence-corrected chi connectivity index (χ1v) is 6.46. The van der Waals surface area contributed by atoms with Gasteiger partial charge in [-0.3, -0.25) is 5.26 Å². The van der Waals surface area contributed by atoms with Crippen LogP contribution in [-0.4, -0.2) is 45.7 Å². The topological polar surface area (TPSA) is 124 Å². The van der Waals surface area contributed by atoms with Gasteiger partial charge >= 0.3 is 11.9 Å². The van der Waals surface area contributed by atoms with Gasteiger partial charge in [-0.2, -0.15) is 0 Å². The van der Waals surface area contributed by atoms with Gasteiger partial charge in [0.1, 0.15) is 6.61 Å². The fraction of sp³-hybridized carbons (Fsp3) is 0.125. The molecule has 0 saturated heterocycles. The van der Waals surface area contributed by atoms with Crippen molar-refractivity contribution in [1.29, 1.82) is 0 Å². The number of benzene rings is 2. The Labute approximate surface area is 133 Å². The van der Waals surface area contributed by atoms with E-state index in [4.69, 9.17) is 20.6 Å². The van der Waals surface area contributed by atoms with E-state index in [0.717, 1.165) is 0 Å². The molecule has 0 aliphatic heterocycles. The predicted octanol–water partition coefficient (Wildman–Crippen LogP) is 2.24. The minimum absolute atomic E-state index is 0. The summed E-state index contributed by atoms with van der Waals surface area (Å²) in [5.74, 6) is -1.76. The summed E-state index contributed by atoms with van der Waals surface area (Å²) in [6, 6.07) is 16.6. The maximum absolute atomic E-state index is 10.2. The molecule has 0 bridgehead atoms. The number of aliphatic hydroxyl groups is 1. The molecular formula is C16H18O7. The quantitative estimate of drug-likeness (QED) is 0.502. The van der Waals surface area contributed by atoms with Crippen LogP contribution in [0.4, 0.5) is 0 Å². The summed E-state index contributed by atoms with van der Waals surface area (Å²) in [5.41, 5.74) is 0.662. The summed E-state index contributed by atoms with van der Waals surface area (Å²) in [4.78, 5) is 23.8. The summed E-state index contributed by atoms with van der Waals surface area (Å²) >= 11 is 0. The van der Waals surface area contributed by atoms with Crippen molar-refractivity contribution in [3.05, 3.63) is 71.8 Å². The maximum atomic E-state index is 10.2. The van der Waals surface area contributed by atoms with Crippen LogP contribution in [0.15, 0.2) is 60.7 Å². The molecule has 0 atom stereocenters. The highest BCUT2D eigenvalue weighted by molar-refractivity contribution is 5.87. The molecule has 0 aromatic heterocycles. The smallest absolute Gasteiger partial charge is 0.335 e. The van der Waals surface area contributed by atoms with E-state index in [9.17, 15) is 9.59 Å². The number of rotatable bonds is 4. The Bertz CT molecular complexity index is 504. The van der Waals surface area contributed by atoms with Gasteiger partial charge < -0.3 is 15.3 Å². The molecule has 4 N–H and O–H groups in total. The Kier molecular flexibility index (Phi) is 11.4. The second-order valence-electron chi connectivity index (χ2n) is 3.90. The van der Waals surface area contributed by atoms with E-state index in [1.165, 1.54) is 0 Å². The number of carboxylic acids is 2. The third-order valence-corrected chi connectivity index (χ3v) is 2.22. The summed E-state index contributed by atoms with van der Waals surface area (Å²) in [5, 5.41) is 32.0. The van der Waals surface area contributed by atoms with Crippen LogP contribution in [0.25, 0.3) is 0 Å². The Hall–Kier alpha value is -2.74. The first-order valence-electron chi connectivity index (χ1n) is 6.46. The van der Waals surface area contributed by atoms with E-state index in [1.54, 1.807) is 60.7 Å². The molecule has 0 aliphatic rings. The van der Waals surface area contributed by atoms with Crippen LogP contribution >= 0.6 is 0 Å². The molecule has 7 heteroatoms. The van der Waals surface area contributed by atoms with Gasteiger partial charge in [0, 0.05) is 0 Å². The Morgan fingerprint density at radius 2 is 1.13 bits per heavy atom. The Morgan fingerprint density at radius 1 is 0.783 bits per heavy atom. The molecule has 0 heterocycles. The molecule has 0 aliphatic carbocycles. The minimum Gasteiger partial charge on any atom is -0.478 e. The highest BCUT2D eigenvalue weighted by atomic mass is 17.1. The highest BCUT2D eigenvalue weighted by Gasteiger charge is 1.97. The first kappa shape index (κ1) is 20.3. The third kappa shape index (κ3) is 10.6. The van der Waals surface area contributed by atoms with Crippen molar-refractivity contribution in [3.8, 4) is 0 Å². The number of aliphatic hydroxyl groups excluding tert-OH is 1. The van der Waals surface area contributed by atoms with Crippen LogP contribution in [-0.2, 0) is 4.89 Å². The average Bonchev–Trinajstić information content (AvgIpc) is 2.58. The molecule has 124 valence electrons. The summed E-state index contributed by atoms with van der Waals surface area (Å²) in [7, 11) is 0. The molecule has 2 aromatic carbocycles. The standard InChI is InChI=1S/2C7H6O2.C2H6O3/c2*8-7(9)6-4-2-1-3-5-6;3-1-2-5-4/h2*1-5H,(H,8,9);3-4H,1-2H2. The lowest BCUT2D eigenvalue weighted by Crippen LogP contribution is -1.93. The summed E-state index contributed by atoms with van der Waals surface area (Å²) in [6.07, 6.45) is 0. The zero-order chi connectivity index (χ0) is 17.5. The van der Waals surface area contributed by atoms with E-state index in [-0.39, 0.29) is 13.2 Å². The number of carboxylic acid groups (broad SMARTS) is 2. The molecule has 0 amide bonds. The van der Waals surface area contributed by atoms with Gasteiger partial charge in [-0.25, -0.2) is 14.5 Å². The van der Waals surface area contributed by atoms with Crippen molar-refractivity contribution >= 4 is 11.9 Å². The lowest BCUT2D eigenvalue weighted by Gasteiger charge is -1.88. The van der Waals surface area contributed by atoms with E-state index >= 15 is 0 Å². The lowest BCUT2D eigenvalue weighted by molar-refractivity contribution is -0.246. The molecule has 0 unspecified atom stereocenters. The monoisotopic (exact) mass is 322 g/mol. The number of aromatic carboxylic acids is 2. The SMILES string of the molecule is O=C(O)c1ccccc1.O=C(O)c1ccccc1.OCCOO. The second-order valence-corrected chi connectivity index (χ2v) is 3.90. The zero-order valence-corrected chi connectivity index (χ0v) is 12.2. The van der Waals surface area contributed by atoms with Crippen molar-refractivity contribution in [1.82, 2.24) is 0 Å². The predicted molar refractivity (Wildman–Crippen MR) is 82.5 cm³/mol. The van der Waals surface area contributed by atoms with E-state index in [0.29, 0.717) is 11.1 Å². The van der Waals surface area contributed by atoms with Crippen LogP contribution in [0.5, 0.6) is 0 Å². The fourth-order valence-corrected chi connectivity index (χ4v) is 1.20. The number of carbonyl (C=O) groups is 2. The van der Waals surface area contributed by atoms with Crippen molar-refractivity contribution in [2.24, 2.45) is 0 Å². The van der Waals surface area contributed by atoms with Crippen LogP contribution in [0, 0.1) is 0 Å². The van der Waals surface area contributed by atoms with Crippen LogP contribution in [0.2, 0.25) is 0 Å². The van der Waals surface area contributed by atoms with Gasteiger partial charge in [-0.15, -0.1) is 0 Å². The number of hydrogen-bond acceptors (Lipinski definition) is 5. The van der Waals surface area contributed by atoms with Crippen LogP contribution in [0.3, 0.4) is 0 Å². The molecule has 0 radical (unpaired) electrons. The molecule has 0 spiro atoms. The number of hydrogen-bond donors (Lipinski definition) is 4. The maximum Gasteiger partial charge on any atom is 0.335 e. The average molecular weight is 322 g/mol. The van der Waals surface area contributed by atoms with Gasteiger partial charge in [0.2, 0.25) is 0 Å². The third-order valence-electron chi connectivity index (χ3n) is 2.22. The lowest BCUT2D eigenvalue weighted by atomic mass is 10.2. The molecule has 0 fully saturated rings. The molecule has 2 aromatic rings. The van der Waals surface area contributed by atoms with E-state index < -0.39 is 11.9 Å². The zero-order valence-electron chi connectivity index (χ0n) is 12.2. The summed E-state index contributed by atoms with van der Waals surface area (Å²) < 4.78 is 0.